The van der Waals surface area contributed by atoms with Crippen LogP contribution in [-0.4, -0.2) is 46.5 Å². The average molecular weight is 320 g/mol. The Morgan fingerprint density at radius 1 is 1.39 bits per heavy atom. The first-order valence-electron chi connectivity index (χ1n) is 7.31. The lowest BCUT2D eigenvalue weighted by Gasteiger charge is -2.16. The Hall–Kier alpha value is -2.38. The first kappa shape index (κ1) is 17.0. The van der Waals surface area contributed by atoms with Crippen molar-refractivity contribution in [3.63, 3.8) is 0 Å². The van der Waals surface area contributed by atoms with Crippen molar-refractivity contribution < 1.29 is 24.2 Å². The molecule has 1 heterocycles. The van der Waals surface area contributed by atoms with Gasteiger partial charge in [-0.15, -0.1) is 0 Å². The lowest BCUT2D eigenvalue weighted by Crippen LogP contribution is -2.37. The van der Waals surface area contributed by atoms with Gasteiger partial charge in [0.05, 0.1) is 0 Å². The van der Waals surface area contributed by atoms with Gasteiger partial charge in [0.2, 0.25) is 0 Å². The van der Waals surface area contributed by atoms with Crippen molar-refractivity contribution in [2.24, 2.45) is 0 Å². The molecule has 0 aliphatic rings. The van der Waals surface area contributed by atoms with Crippen LogP contribution in [0.1, 0.15) is 23.3 Å². The van der Waals surface area contributed by atoms with Gasteiger partial charge >= 0.3 is 5.97 Å². The molecule has 0 spiro atoms. The maximum atomic E-state index is 10.7. The second kappa shape index (κ2) is 8.30. The fourth-order valence-corrected chi connectivity index (χ4v) is 1.94. The summed E-state index contributed by atoms with van der Waals surface area (Å²) >= 11 is 0. The number of oxazole rings is 1. The van der Waals surface area contributed by atoms with E-state index in [0.29, 0.717) is 24.6 Å². The molecule has 7 nitrogen and oxygen atoms in total. The number of aromatic nitrogens is 1. The van der Waals surface area contributed by atoms with E-state index < -0.39 is 12.1 Å². The van der Waals surface area contributed by atoms with Crippen LogP contribution < -0.4 is 10.1 Å². The van der Waals surface area contributed by atoms with Crippen LogP contribution >= 0.6 is 0 Å². The van der Waals surface area contributed by atoms with Crippen molar-refractivity contribution in [1.82, 2.24) is 10.3 Å². The summed E-state index contributed by atoms with van der Waals surface area (Å²) in [4.78, 5) is 14.6. The topological polar surface area (TPSA) is 105 Å². The van der Waals surface area contributed by atoms with E-state index in [1.165, 1.54) is 0 Å². The number of carbonyl (C=O) groups is 1. The Morgan fingerprint density at radius 3 is 2.78 bits per heavy atom. The largest absolute Gasteiger partial charge is 0.491 e. The van der Waals surface area contributed by atoms with E-state index in [-0.39, 0.29) is 18.3 Å². The molecule has 0 aliphatic carbocycles. The van der Waals surface area contributed by atoms with Crippen molar-refractivity contribution in [3.8, 4) is 5.75 Å². The fraction of sp³-hybridized carbons (Fsp3) is 0.375. The minimum atomic E-state index is -1.12. The van der Waals surface area contributed by atoms with Gasteiger partial charge in [0.1, 0.15) is 24.7 Å². The molecule has 2 rings (SSSR count). The Balaban J connectivity index is 1.68. The highest BCUT2D eigenvalue weighted by atomic mass is 16.5. The number of aliphatic hydroxyl groups excluding tert-OH is 1. The van der Waals surface area contributed by atoms with Crippen LogP contribution in [0.25, 0.3) is 0 Å². The van der Waals surface area contributed by atoms with Crippen LogP contribution in [0.2, 0.25) is 0 Å². The zero-order valence-electron chi connectivity index (χ0n) is 12.8. The van der Waals surface area contributed by atoms with E-state index in [4.69, 9.17) is 14.3 Å². The predicted molar refractivity (Wildman–Crippen MR) is 82.6 cm³/mol. The van der Waals surface area contributed by atoms with Gasteiger partial charge in [-0.05, 0) is 19.1 Å². The second-order valence-electron chi connectivity index (χ2n) is 5.22. The van der Waals surface area contributed by atoms with Gasteiger partial charge in [-0.3, -0.25) is 0 Å². The number of hydrogen-bond acceptors (Lipinski definition) is 6. The highest BCUT2D eigenvalue weighted by Gasteiger charge is 2.14. The normalized spacial score (nSPS) is 13.5. The molecule has 0 unspecified atom stereocenters. The standard InChI is InChI=1S/C16H20N2O5/c1-11(7-15-18-14(10-23-15)16(20)21)17-8-12(19)9-22-13-5-3-2-4-6-13/h2-6,10-12,17,19H,7-9H2,1H3,(H,20,21)/t11-,12+/m1/s1. The van der Waals surface area contributed by atoms with Crippen LogP contribution in [0, 0.1) is 0 Å². The lowest BCUT2D eigenvalue weighted by atomic mass is 10.2. The molecule has 2 atom stereocenters. The summed E-state index contributed by atoms with van der Waals surface area (Å²) in [7, 11) is 0. The zero-order chi connectivity index (χ0) is 16.7. The van der Waals surface area contributed by atoms with Crippen molar-refractivity contribution in [3.05, 3.63) is 48.2 Å². The van der Waals surface area contributed by atoms with Gasteiger partial charge in [-0.25, -0.2) is 9.78 Å². The van der Waals surface area contributed by atoms with Gasteiger partial charge in [0, 0.05) is 19.0 Å². The number of hydrogen-bond donors (Lipinski definition) is 3. The number of benzene rings is 1. The summed E-state index contributed by atoms with van der Waals surface area (Å²) in [6.45, 7) is 2.43. The summed E-state index contributed by atoms with van der Waals surface area (Å²) in [5, 5.41) is 21.8. The third-order valence-corrected chi connectivity index (χ3v) is 3.14. The molecule has 0 saturated carbocycles. The van der Waals surface area contributed by atoms with E-state index in [2.05, 4.69) is 10.3 Å². The van der Waals surface area contributed by atoms with Crippen LogP contribution in [-0.2, 0) is 6.42 Å². The summed E-state index contributed by atoms with van der Waals surface area (Å²) in [6.07, 6.45) is 0.892. The number of aliphatic hydroxyl groups is 1. The monoisotopic (exact) mass is 320 g/mol. The van der Waals surface area contributed by atoms with Crippen molar-refractivity contribution >= 4 is 5.97 Å². The van der Waals surface area contributed by atoms with Gasteiger partial charge in [0.15, 0.2) is 11.6 Å². The number of ether oxygens (including phenoxy) is 1. The molecule has 0 amide bonds. The molecule has 1 aromatic carbocycles. The highest BCUT2D eigenvalue weighted by Crippen LogP contribution is 2.08. The molecule has 7 heteroatoms. The second-order valence-corrected chi connectivity index (χ2v) is 5.22. The molecule has 3 N–H and O–H groups in total. The van der Waals surface area contributed by atoms with Crippen LogP contribution in [0.15, 0.2) is 41.0 Å². The van der Waals surface area contributed by atoms with Crippen molar-refractivity contribution in [2.75, 3.05) is 13.2 Å². The first-order chi connectivity index (χ1) is 11.0. The molecule has 0 bridgehead atoms. The quantitative estimate of drug-likeness (QED) is 0.640. The third-order valence-electron chi connectivity index (χ3n) is 3.14. The molecule has 0 saturated heterocycles. The number of para-hydroxylation sites is 1. The fourth-order valence-electron chi connectivity index (χ4n) is 1.94. The number of nitrogens with zero attached hydrogens (tertiary/aromatic N) is 1. The van der Waals surface area contributed by atoms with Gasteiger partial charge in [-0.1, -0.05) is 18.2 Å². The van der Waals surface area contributed by atoms with E-state index >= 15 is 0 Å². The number of nitrogens with one attached hydrogen (secondary N) is 1. The summed E-state index contributed by atoms with van der Waals surface area (Å²) < 4.78 is 10.6. The third kappa shape index (κ3) is 5.72. The predicted octanol–water partition coefficient (Wildman–Crippen LogP) is 1.33. The SMILES string of the molecule is C[C@H](Cc1nc(C(=O)O)co1)NC[C@H](O)COc1ccccc1. The van der Waals surface area contributed by atoms with Crippen molar-refractivity contribution in [1.29, 1.82) is 0 Å². The van der Waals surface area contributed by atoms with E-state index in [1.807, 2.05) is 37.3 Å². The minimum absolute atomic E-state index is 0.0262. The highest BCUT2D eigenvalue weighted by molar-refractivity contribution is 5.84. The van der Waals surface area contributed by atoms with E-state index in [1.54, 1.807) is 0 Å². The summed E-state index contributed by atoms with van der Waals surface area (Å²) in [6, 6.07) is 9.25. The molecule has 23 heavy (non-hydrogen) atoms. The van der Waals surface area contributed by atoms with E-state index in [0.717, 1.165) is 6.26 Å². The Kier molecular flexibility index (Phi) is 6.13. The minimum Gasteiger partial charge on any atom is -0.491 e. The Labute approximate surface area is 133 Å². The Morgan fingerprint density at radius 2 is 2.13 bits per heavy atom. The van der Waals surface area contributed by atoms with Crippen LogP contribution in [0.3, 0.4) is 0 Å². The maximum Gasteiger partial charge on any atom is 0.357 e. The molecule has 0 aliphatic heterocycles. The smallest absolute Gasteiger partial charge is 0.357 e. The number of aromatic carboxylic acids is 1. The van der Waals surface area contributed by atoms with Crippen molar-refractivity contribution in [2.45, 2.75) is 25.5 Å². The molecular weight excluding hydrogens is 300 g/mol. The average Bonchev–Trinajstić information content (AvgIpc) is 3.00. The number of rotatable bonds is 9. The Bertz CT molecular complexity index is 614. The molecule has 0 radical (unpaired) electrons. The molecule has 2 aromatic rings. The molecule has 0 fully saturated rings. The summed E-state index contributed by atoms with van der Waals surface area (Å²) in [5.74, 6) is -0.0629. The molecule has 1 aromatic heterocycles. The maximum absolute atomic E-state index is 10.7. The lowest BCUT2D eigenvalue weighted by molar-refractivity contribution is 0.0690. The van der Waals surface area contributed by atoms with Crippen LogP contribution in [0.5, 0.6) is 5.75 Å². The van der Waals surface area contributed by atoms with E-state index in [9.17, 15) is 9.90 Å². The van der Waals surface area contributed by atoms with Crippen LogP contribution in [0.4, 0.5) is 0 Å². The molecule has 124 valence electrons. The van der Waals surface area contributed by atoms with Gasteiger partial charge in [0.25, 0.3) is 0 Å². The molecular formula is C16H20N2O5. The summed E-state index contributed by atoms with van der Waals surface area (Å²) in [5.41, 5.74) is -0.108. The number of carboxylic acid groups (broad SMARTS) is 1. The number of carboxylic acids is 1. The van der Waals surface area contributed by atoms with Gasteiger partial charge < -0.3 is 24.7 Å². The first-order valence-corrected chi connectivity index (χ1v) is 7.31. The zero-order valence-corrected chi connectivity index (χ0v) is 12.8. The van der Waals surface area contributed by atoms with Gasteiger partial charge in [-0.2, -0.15) is 0 Å².